The van der Waals surface area contributed by atoms with Crippen molar-refractivity contribution in [2.75, 3.05) is 64.0 Å². The SMILES string of the molecule is CC(NCCN1CCSCC1)C(=O)N1CCOCC1. The lowest BCUT2D eigenvalue weighted by Gasteiger charge is -2.30. The highest BCUT2D eigenvalue weighted by Crippen LogP contribution is 2.08. The lowest BCUT2D eigenvalue weighted by atomic mass is 10.2. The average molecular weight is 287 g/mol. The Morgan fingerprint density at radius 2 is 1.95 bits per heavy atom. The molecule has 2 saturated heterocycles. The molecule has 5 nitrogen and oxygen atoms in total. The molecule has 2 aliphatic heterocycles. The summed E-state index contributed by atoms with van der Waals surface area (Å²) in [7, 11) is 0. The van der Waals surface area contributed by atoms with Crippen LogP contribution in [0, 0.1) is 0 Å². The van der Waals surface area contributed by atoms with Crippen molar-refractivity contribution in [3.05, 3.63) is 0 Å². The number of hydrogen-bond acceptors (Lipinski definition) is 5. The van der Waals surface area contributed by atoms with Gasteiger partial charge in [-0.2, -0.15) is 11.8 Å². The average Bonchev–Trinajstić information content (AvgIpc) is 2.48. The van der Waals surface area contributed by atoms with E-state index in [9.17, 15) is 4.79 Å². The normalized spacial score (nSPS) is 23.3. The minimum absolute atomic E-state index is 0.0859. The smallest absolute Gasteiger partial charge is 0.239 e. The molecule has 0 spiro atoms. The quantitative estimate of drug-likeness (QED) is 0.763. The molecule has 1 N–H and O–H groups in total. The summed E-state index contributed by atoms with van der Waals surface area (Å²) in [5.41, 5.74) is 0. The Balaban J connectivity index is 1.62. The largest absolute Gasteiger partial charge is 0.378 e. The van der Waals surface area contributed by atoms with Gasteiger partial charge in [0.2, 0.25) is 5.91 Å². The van der Waals surface area contributed by atoms with Crippen molar-refractivity contribution in [1.29, 1.82) is 0 Å². The summed E-state index contributed by atoms with van der Waals surface area (Å²) in [6.45, 7) is 9.06. The van der Waals surface area contributed by atoms with Gasteiger partial charge in [-0.15, -0.1) is 0 Å². The lowest BCUT2D eigenvalue weighted by Crippen LogP contribution is -2.50. The first kappa shape index (κ1) is 15.1. The van der Waals surface area contributed by atoms with E-state index >= 15 is 0 Å². The van der Waals surface area contributed by atoms with Gasteiger partial charge in [-0.1, -0.05) is 0 Å². The summed E-state index contributed by atoms with van der Waals surface area (Å²) in [4.78, 5) is 16.5. The number of ether oxygens (including phenoxy) is 1. The van der Waals surface area contributed by atoms with E-state index in [-0.39, 0.29) is 11.9 Å². The fourth-order valence-corrected chi connectivity index (χ4v) is 3.39. The van der Waals surface area contributed by atoms with Crippen LogP contribution in [0.25, 0.3) is 0 Å². The third-order valence-corrected chi connectivity index (χ3v) is 4.62. The fourth-order valence-electron chi connectivity index (χ4n) is 2.41. The van der Waals surface area contributed by atoms with E-state index in [2.05, 4.69) is 10.2 Å². The molecule has 0 radical (unpaired) electrons. The maximum absolute atomic E-state index is 12.2. The zero-order valence-corrected chi connectivity index (χ0v) is 12.6. The lowest BCUT2D eigenvalue weighted by molar-refractivity contribution is -0.137. The second-order valence-corrected chi connectivity index (χ2v) is 6.29. The number of carbonyl (C=O) groups excluding carboxylic acids is 1. The van der Waals surface area contributed by atoms with Crippen LogP contribution in [-0.2, 0) is 9.53 Å². The highest BCUT2D eigenvalue weighted by molar-refractivity contribution is 7.99. The minimum atomic E-state index is -0.0859. The van der Waals surface area contributed by atoms with Crippen LogP contribution in [0.15, 0.2) is 0 Å². The van der Waals surface area contributed by atoms with Crippen LogP contribution in [0.2, 0.25) is 0 Å². The first-order chi connectivity index (χ1) is 9.27. The molecule has 0 aromatic rings. The summed E-state index contributed by atoms with van der Waals surface area (Å²) in [5, 5.41) is 3.35. The predicted octanol–water partition coefficient (Wildman–Crippen LogP) is -0.128. The van der Waals surface area contributed by atoms with Crippen LogP contribution in [0.3, 0.4) is 0 Å². The van der Waals surface area contributed by atoms with Gasteiger partial charge in [-0.3, -0.25) is 4.79 Å². The summed E-state index contributed by atoms with van der Waals surface area (Å²) >= 11 is 2.03. The zero-order chi connectivity index (χ0) is 13.5. The van der Waals surface area contributed by atoms with Crippen molar-refractivity contribution in [2.24, 2.45) is 0 Å². The van der Waals surface area contributed by atoms with Crippen molar-refractivity contribution < 1.29 is 9.53 Å². The Labute approximate surface area is 120 Å². The third kappa shape index (κ3) is 4.95. The van der Waals surface area contributed by atoms with Gasteiger partial charge in [0.25, 0.3) is 0 Å². The van der Waals surface area contributed by atoms with E-state index < -0.39 is 0 Å². The monoisotopic (exact) mass is 287 g/mol. The number of thioether (sulfide) groups is 1. The van der Waals surface area contributed by atoms with Gasteiger partial charge in [0.05, 0.1) is 19.3 Å². The molecule has 0 aromatic heterocycles. The molecule has 0 aliphatic carbocycles. The number of carbonyl (C=O) groups is 1. The zero-order valence-electron chi connectivity index (χ0n) is 11.8. The molecule has 1 atom stereocenters. The maximum atomic E-state index is 12.2. The highest BCUT2D eigenvalue weighted by Gasteiger charge is 2.22. The van der Waals surface area contributed by atoms with E-state index in [4.69, 9.17) is 4.74 Å². The van der Waals surface area contributed by atoms with Crippen LogP contribution in [0.1, 0.15) is 6.92 Å². The van der Waals surface area contributed by atoms with Crippen LogP contribution >= 0.6 is 11.8 Å². The molecule has 2 aliphatic rings. The predicted molar refractivity (Wildman–Crippen MR) is 78.6 cm³/mol. The molecule has 1 unspecified atom stereocenters. The second-order valence-electron chi connectivity index (χ2n) is 5.07. The first-order valence-electron chi connectivity index (χ1n) is 7.17. The Bertz CT molecular complexity index is 279. The molecule has 6 heteroatoms. The molecule has 0 saturated carbocycles. The van der Waals surface area contributed by atoms with Gasteiger partial charge in [-0.25, -0.2) is 0 Å². The summed E-state index contributed by atoms with van der Waals surface area (Å²) in [5.74, 6) is 2.68. The van der Waals surface area contributed by atoms with Gasteiger partial charge in [0.15, 0.2) is 0 Å². The number of nitrogens with zero attached hydrogens (tertiary/aromatic N) is 2. The van der Waals surface area contributed by atoms with Crippen molar-refractivity contribution in [3.63, 3.8) is 0 Å². The van der Waals surface area contributed by atoms with Gasteiger partial charge >= 0.3 is 0 Å². The van der Waals surface area contributed by atoms with E-state index in [0.717, 1.165) is 26.2 Å². The van der Waals surface area contributed by atoms with Crippen molar-refractivity contribution in [2.45, 2.75) is 13.0 Å². The van der Waals surface area contributed by atoms with E-state index in [1.807, 2.05) is 23.6 Å². The van der Waals surface area contributed by atoms with Gasteiger partial charge in [0.1, 0.15) is 0 Å². The summed E-state index contributed by atoms with van der Waals surface area (Å²) < 4.78 is 5.27. The molecular weight excluding hydrogens is 262 g/mol. The van der Waals surface area contributed by atoms with Crippen LogP contribution in [-0.4, -0.2) is 85.7 Å². The molecule has 0 bridgehead atoms. The number of rotatable bonds is 5. The van der Waals surface area contributed by atoms with E-state index in [0.29, 0.717) is 13.2 Å². The standard InChI is InChI=1S/C13H25N3O2S/c1-12(13(17)16-4-8-18-9-5-16)14-2-3-15-6-10-19-11-7-15/h12,14H,2-11H2,1H3. The molecule has 2 fully saturated rings. The Hall–Kier alpha value is -0.300. The topological polar surface area (TPSA) is 44.8 Å². The molecule has 19 heavy (non-hydrogen) atoms. The maximum Gasteiger partial charge on any atom is 0.239 e. The Morgan fingerprint density at radius 1 is 1.26 bits per heavy atom. The second kappa shape index (κ2) is 8.09. The third-order valence-electron chi connectivity index (χ3n) is 3.68. The Kier molecular flexibility index (Phi) is 6.43. The minimum Gasteiger partial charge on any atom is -0.378 e. The molecule has 0 aromatic carbocycles. The number of nitrogens with one attached hydrogen (secondary N) is 1. The molecule has 110 valence electrons. The fraction of sp³-hybridized carbons (Fsp3) is 0.923. The molecule has 2 heterocycles. The van der Waals surface area contributed by atoms with Crippen molar-refractivity contribution >= 4 is 17.7 Å². The summed E-state index contributed by atoms with van der Waals surface area (Å²) in [6.07, 6.45) is 0. The van der Waals surface area contributed by atoms with Crippen LogP contribution in [0.5, 0.6) is 0 Å². The van der Waals surface area contributed by atoms with E-state index in [1.54, 1.807) is 0 Å². The number of hydrogen-bond donors (Lipinski definition) is 1. The molecule has 2 rings (SSSR count). The molecule has 1 amide bonds. The van der Waals surface area contributed by atoms with E-state index in [1.165, 1.54) is 24.6 Å². The summed E-state index contributed by atoms with van der Waals surface area (Å²) in [6, 6.07) is -0.0859. The first-order valence-corrected chi connectivity index (χ1v) is 8.33. The van der Waals surface area contributed by atoms with Crippen LogP contribution < -0.4 is 5.32 Å². The number of morpholine rings is 1. The van der Waals surface area contributed by atoms with Gasteiger partial charge in [0, 0.05) is 50.8 Å². The molecular formula is C13H25N3O2S. The number of amides is 1. The van der Waals surface area contributed by atoms with Gasteiger partial charge in [-0.05, 0) is 6.92 Å². The van der Waals surface area contributed by atoms with Gasteiger partial charge < -0.3 is 19.9 Å². The Morgan fingerprint density at radius 3 is 2.63 bits per heavy atom. The van der Waals surface area contributed by atoms with Crippen LogP contribution in [0.4, 0.5) is 0 Å². The highest BCUT2D eigenvalue weighted by atomic mass is 32.2. The van der Waals surface area contributed by atoms with Crippen molar-refractivity contribution in [3.8, 4) is 0 Å². The van der Waals surface area contributed by atoms with Crippen molar-refractivity contribution in [1.82, 2.24) is 15.1 Å².